The molecule has 9 heteroatoms. The lowest BCUT2D eigenvalue weighted by Gasteiger charge is -2.39. The quantitative estimate of drug-likeness (QED) is 0.213. The van der Waals surface area contributed by atoms with E-state index in [2.05, 4.69) is 5.32 Å². The van der Waals surface area contributed by atoms with Crippen LogP contribution in [0, 0.1) is 21.8 Å². The van der Waals surface area contributed by atoms with Crippen LogP contribution in [0.1, 0.15) is 29.5 Å². The third-order valence-electron chi connectivity index (χ3n) is 6.41. The number of alkyl halides is 1. The second-order valence-electron chi connectivity index (χ2n) is 8.28. The number of anilines is 1. The van der Waals surface area contributed by atoms with E-state index < -0.39 is 0 Å². The highest BCUT2D eigenvalue weighted by Gasteiger charge is 2.50. The summed E-state index contributed by atoms with van der Waals surface area (Å²) in [7, 11) is 0. The zero-order valence-corrected chi connectivity index (χ0v) is 20.1. The molecule has 1 heterocycles. The summed E-state index contributed by atoms with van der Waals surface area (Å²) in [5, 5.41) is 15.7. The number of thioether (sulfide) groups is 1. The maximum absolute atomic E-state index is 13.6. The SMILES string of the molecule is O=[N+]([O-])c1ccccc1S[C@@H]1C[C@H]2[C@@H](c3cc(Cl)cc(Cl)c3N[C@H]2c2ccc(F)cc2)[C@H]1Cl. The molecule has 0 spiro atoms. The normalized spacial score (nSPS) is 25.8. The van der Waals surface area contributed by atoms with Crippen molar-refractivity contribution in [3.63, 3.8) is 0 Å². The lowest BCUT2D eigenvalue weighted by atomic mass is 9.77. The summed E-state index contributed by atoms with van der Waals surface area (Å²) in [6.07, 6.45) is 0.716. The van der Waals surface area contributed by atoms with E-state index in [0.29, 0.717) is 21.4 Å². The van der Waals surface area contributed by atoms with E-state index in [4.69, 9.17) is 34.8 Å². The first-order valence-corrected chi connectivity index (χ1v) is 12.5. The van der Waals surface area contributed by atoms with Crippen LogP contribution < -0.4 is 5.32 Å². The van der Waals surface area contributed by atoms with Gasteiger partial charge in [-0.25, -0.2) is 4.39 Å². The number of nitro groups is 1. The molecule has 170 valence electrons. The summed E-state index contributed by atoms with van der Waals surface area (Å²) in [4.78, 5) is 11.7. The number of nitrogens with one attached hydrogen (secondary N) is 1. The maximum atomic E-state index is 13.6. The molecule has 0 unspecified atom stereocenters. The van der Waals surface area contributed by atoms with Crippen LogP contribution in [0.15, 0.2) is 65.6 Å². The van der Waals surface area contributed by atoms with Crippen LogP contribution in [0.4, 0.5) is 15.8 Å². The Morgan fingerprint density at radius 3 is 2.55 bits per heavy atom. The fourth-order valence-corrected chi connectivity index (χ4v) is 7.52. The summed E-state index contributed by atoms with van der Waals surface area (Å²) in [5.41, 5.74) is 2.73. The molecule has 1 aliphatic heterocycles. The highest BCUT2D eigenvalue weighted by Crippen LogP contribution is 2.59. The molecular formula is C24H18Cl3FN2O2S. The molecule has 33 heavy (non-hydrogen) atoms. The largest absolute Gasteiger partial charge is 0.376 e. The Kier molecular flexibility index (Phi) is 6.21. The first-order valence-electron chi connectivity index (χ1n) is 10.4. The van der Waals surface area contributed by atoms with Crippen LogP contribution in [0.5, 0.6) is 0 Å². The van der Waals surface area contributed by atoms with Crippen molar-refractivity contribution in [3.8, 4) is 0 Å². The number of benzene rings is 3. The topological polar surface area (TPSA) is 55.2 Å². The van der Waals surface area contributed by atoms with Crippen LogP contribution >= 0.6 is 46.6 Å². The molecule has 5 rings (SSSR count). The lowest BCUT2D eigenvalue weighted by Crippen LogP contribution is -2.31. The molecule has 0 bridgehead atoms. The summed E-state index contributed by atoms with van der Waals surface area (Å²) >= 11 is 21.4. The Bertz CT molecular complexity index is 1230. The van der Waals surface area contributed by atoms with Crippen LogP contribution in [0.25, 0.3) is 0 Å². The van der Waals surface area contributed by atoms with E-state index in [1.807, 2.05) is 6.07 Å². The minimum absolute atomic E-state index is 0.0697. The minimum Gasteiger partial charge on any atom is -0.376 e. The molecule has 4 nitrogen and oxygen atoms in total. The van der Waals surface area contributed by atoms with E-state index in [1.165, 1.54) is 30.0 Å². The first kappa shape index (κ1) is 22.8. The summed E-state index contributed by atoms with van der Waals surface area (Å²) in [6, 6.07) is 16.6. The van der Waals surface area contributed by atoms with Gasteiger partial charge in [-0.05, 0) is 53.8 Å². The van der Waals surface area contributed by atoms with Crippen LogP contribution in [-0.4, -0.2) is 15.6 Å². The fourth-order valence-electron chi connectivity index (χ4n) is 5.01. The van der Waals surface area contributed by atoms with Crippen molar-refractivity contribution in [1.82, 2.24) is 0 Å². The Balaban J connectivity index is 1.56. The molecule has 3 aromatic carbocycles. The molecular weight excluding hydrogens is 506 g/mol. The van der Waals surface area contributed by atoms with E-state index in [0.717, 1.165) is 16.8 Å². The van der Waals surface area contributed by atoms with Gasteiger partial charge < -0.3 is 5.32 Å². The van der Waals surface area contributed by atoms with Crippen molar-refractivity contribution in [1.29, 1.82) is 0 Å². The van der Waals surface area contributed by atoms with Gasteiger partial charge in [-0.15, -0.1) is 23.4 Å². The smallest absolute Gasteiger partial charge is 0.282 e. The summed E-state index contributed by atoms with van der Waals surface area (Å²) in [6.45, 7) is 0. The van der Waals surface area contributed by atoms with E-state index in [-0.39, 0.29) is 44.9 Å². The van der Waals surface area contributed by atoms with Gasteiger partial charge in [0.05, 0.1) is 31.9 Å². The third-order valence-corrected chi connectivity index (χ3v) is 9.03. The van der Waals surface area contributed by atoms with E-state index >= 15 is 0 Å². The molecule has 5 atom stereocenters. The second-order valence-corrected chi connectivity index (χ2v) is 10.9. The van der Waals surface area contributed by atoms with E-state index in [1.54, 1.807) is 36.4 Å². The highest BCUT2D eigenvalue weighted by atomic mass is 35.5. The number of hydrogen-bond donors (Lipinski definition) is 1. The van der Waals surface area contributed by atoms with Gasteiger partial charge in [-0.1, -0.05) is 47.5 Å². The molecule has 0 radical (unpaired) electrons. The first-order chi connectivity index (χ1) is 15.8. The van der Waals surface area contributed by atoms with Crippen LogP contribution in [0.3, 0.4) is 0 Å². The van der Waals surface area contributed by atoms with Crippen molar-refractivity contribution in [2.45, 2.75) is 33.9 Å². The maximum Gasteiger partial charge on any atom is 0.282 e. The summed E-state index contributed by atoms with van der Waals surface area (Å²) in [5.74, 6) is -0.308. The standard InChI is InChI=1S/C24H18Cl3FN2O2S/c25-13-9-15-21-16(11-20(22(21)27)33-19-4-2-1-3-18(19)30(31)32)23(29-24(15)17(26)10-13)12-5-7-14(28)8-6-12/h1-10,16,20-23,29H,11H2/t16-,20+,21+,22-,23-/m0/s1. The molecule has 1 saturated carbocycles. The number of para-hydroxylation sites is 1. The highest BCUT2D eigenvalue weighted by molar-refractivity contribution is 8.00. The number of rotatable bonds is 4. The number of nitrogens with zero attached hydrogens (tertiary/aromatic N) is 1. The average molecular weight is 524 g/mol. The molecule has 0 saturated heterocycles. The van der Waals surface area contributed by atoms with Crippen molar-refractivity contribution in [3.05, 3.63) is 97.8 Å². The van der Waals surface area contributed by atoms with Gasteiger partial charge in [0, 0.05) is 22.3 Å². The fraction of sp³-hybridized carbons (Fsp3) is 0.250. The molecule has 0 aromatic heterocycles. The minimum atomic E-state index is -0.370. The molecule has 1 aliphatic carbocycles. The molecule has 1 N–H and O–H groups in total. The van der Waals surface area contributed by atoms with Crippen molar-refractivity contribution in [2.75, 3.05) is 5.32 Å². The monoisotopic (exact) mass is 522 g/mol. The molecule has 2 aliphatic rings. The molecule has 1 fully saturated rings. The van der Waals surface area contributed by atoms with Gasteiger partial charge in [0.1, 0.15) is 5.82 Å². The number of fused-ring (bicyclic) bond motifs is 3. The Labute approximate surface area is 209 Å². The Hall–Kier alpha value is -1.99. The molecule has 3 aromatic rings. The summed E-state index contributed by atoms with van der Waals surface area (Å²) < 4.78 is 13.6. The van der Waals surface area contributed by atoms with Gasteiger partial charge in [-0.2, -0.15) is 0 Å². The predicted octanol–water partition coefficient (Wildman–Crippen LogP) is 8.08. The van der Waals surface area contributed by atoms with Gasteiger partial charge in [0.15, 0.2) is 0 Å². The Morgan fingerprint density at radius 1 is 1.09 bits per heavy atom. The van der Waals surface area contributed by atoms with Crippen molar-refractivity contribution < 1.29 is 9.31 Å². The zero-order valence-electron chi connectivity index (χ0n) is 17.1. The van der Waals surface area contributed by atoms with Crippen LogP contribution in [0.2, 0.25) is 10.0 Å². The second kappa shape index (κ2) is 8.99. The number of hydrogen-bond acceptors (Lipinski definition) is 4. The lowest BCUT2D eigenvalue weighted by molar-refractivity contribution is -0.387. The Morgan fingerprint density at radius 2 is 1.82 bits per heavy atom. The van der Waals surface area contributed by atoms with Gasteiger partial charge in [0.25, 0.3) is 5.69 Å². The third kappa shape index (κ3) is 4.18. The zero-order chi connectivity index (χ0) is 23.3. The number of halogens is 4. The van der Waals surface area contributed by atoms with Gasteiger partial charge in [0.2, 0.25) is 0 Å². The molecule has 0 amide bonds. The van der Waals surface area contributed by atoms with Gasteiger partial charge in [-0.3, -0.25) is 10.1 Å². The van der Waals surface area contributed by atoms with E-state index in [9.17, 15) is 14.5 Å². The predicted molar refractivity (Wildman–Crippen MR) is 132 cm³/mol. The average Bonchev–Trinajstić information content (AvgIpc) is 3.10. The van der Waals surface area contributed by atoms with Crippen LogP contribution in [-0.2, 0) is 0 Å². The van der Waals surface area contributed by atoms with Gasteiger partial charge >= 0.3 is 0 Å². The van der Waals surface area contributed by atoms with Crippen molar-refractivity contribution in [2.24, 2.45) is 5.92 Å². The number of nitro benzene ring substituents is 1. The van der Waals surface area contributed by atoms with Crippen molar-refractivity contribution >= 4 is 57.9 Å².